The molecule has 0 radical (unpaired) electrons. The van der Waals surface area contributed by atoms with Gasteiger partial charge in [-0.2, -0.15) is 0 Å². The number of hydrogen-bond acceptors (Lipinski definition) is 4. The van der Waals surface area contributed by atoms with E-state index in [0.29, 0.717) is 17.3 Å². The molecule has 5 heteroatoms. The second-order valence-corrected chi connectivity index (χ2v) is 5.25. The molecular weight excluding hydrogens is 218 g/mol. The van der Waals surface area contributed by atoms with Crippen molar-refractivity contribution in [1.82, 2.24) is 15.6 Å². The van der Waals surface area contributed by atoms with E-state index in [0.717, 1.165) is 18.4 Å². The van der Waals surface area contributed by atoms with Crippen molar-refractivity contribution < 1.29 is 9.42 Å². The maximum absolute atomic E-state index is 11.8. The summed E-state index contributed by atoms with van der Waals surface area (Å²) in [6, 6.07) is 0. The molecule has 2 fully saturated rings. The smallest absolute Gasteiger partial charge is 0.275 e. The molecule has 0 spiro atoms. The maximum Gasteiger partial charge on any atom is 0.275 e. The second-order valence-electron chi connectivity index (χ2n) is 5.25. The van der Waals surface area contributed by atoms with E-state index in [9.17, 15) is 4.79 Å². The van der Waals surface area contributed by atoms with Crippen molar-refractivity contribution in [2.24, 2.45) is 17.8 Å². The van der Waals surface area contributed by atoms with E-state index < -0.39 is 0 Å². The third-order valence-corrected chi connectivity index (χ3v) is 3.82. The minimum absolute atomic E-state index is 0.157. The molecule has 1 heterocycles. The molecule has 1 aromatic rings. The van der Waals surface area contributed by atoms with Crippen LogP contribution in [0.15, 0.2) is 4.63 Å². The molecule has 0 aliphatic heterocycles. The van der Waals surface area contributed by atoms with Crippen LogP contribution in [0.2, 0.25) is 0 Å². The molecule has 92 valence electrons. The quantitative estimate of drug-likeness (QED) is 0.840. The second kappa shape index (κ2) is 4.13. The number of amides is 1. The first-order valence-corrected chi connectivity index (χ1v) is 6.33. The van der Waals surface area contributed by atoms with Gasteiger partial charge in [0, 0.05) is 6.54 Å². The lowest BCUT2D eigenvalue weighted by atomic mass is 9.98. The van der Waals surface area contributed by atoms with Gasteiger partial charge < -0.3 is 5.32 Å². The van der Waals surface area contributed by atoms with Crippen LogP contribution in [-0.2, 0) is 0 Å². The highest BCUT2D eigenvalue weighted by atomic mass is 16.6. The van der Waals surface area contributed by atoms with E-state index in [4.69, 9.17) is 0 Å². The molecule has 1 N–H and O–H groups in total. The number of nitrogens with zero attached hydrogens (tertiary/aromatic N) is 2. The van der Waals surface area contributed by atoms with Crippen LogP contribution < -0.4 is 5.32 Å². The van der Waals surface area contributed by atoms with Crippen LogP contribution in [0.25, 0.3) is 0 Å². The van der Waals surface area contributed by atoms with Crippen LogP contribution in [-0.4, -0.2) is 22.8 Å². The van der Waals surface area contributed by atoms with E-state index in [1.54, 1.807) is 6.92 Å². The summed E-state index contributed by atoms with van der Waals surface area (Å²) in [6.45, 7) is 2.51. The van der Waals surface area contributed by atoms with Crippen molar-refractivity contribution in [3.63, 3.8) is 0 Å². The number of aryl methyl sites for hydroxylation is 1. The molecule has 0 atom stereocenters. The van der Waals surface area contributed by atoms with Gasteiger partial charge in [-0.25, -0.2) is 4.63 Å². The van der Waals surface area contributed by atoms with Crippen molar-refractivity contribution in [3.8, 4) is 0 Å². The molecule has 2 saturated carbocycles. The molecule has 0 aromatic carbocycles. The van der Waals surface area contributed by atoms with Gasteiger partial charge in [0.1, 0.15) is 5.69 Å². The normalized spacial score (nSPS) is 19.6. The Kier molecular flexibility index (Phi) is 2.61. The molecule has 0 bridgehead atoms. The van der Waals surface area contributed by atoms with E-state index in [1.807, 2.05) is 0 Å². The lowest BCUT2D eigenvalue weighted by molar-refractivity contribution is 0.0933. The number of nitrogens with one attached hydrogen (secondary N) is 1. The highest BCUT2D eigenvalue weighted by molar-refractivity contribution is 5.92. The molecule has 5 nitrogen and oxygen atoms in total. The number of carbonyl (C=O) groups is 1. The predicted octanol–water partition coefficient (Wildman–Crippen LogP) is 1.54. The largest absolute Gasteiger partial charge is 0.350 e. The summed E-state index contributed by atoms with van der Waals surface area (Å²) in [6.07, 6.45) is 5.34. The van der Waals surface area contributed by atoms with Gasteiger partial charge >= 0.3 is 0 Å². The van der Waals surface area contributed by atoms with Gasteiger partial charge in [0.2, 0.25) is 0 Å². The Bertz CT molecular complexity index is 409. The average molecular weight is 235 g/mol. The standard InChI is InChI=1S/C12H17N3O2/c1-7-11(15-17-14-7)12(16)13-6-10(8-2-3-8)9-4-5-9/h8-10H,2-6H2,1H3,(H,13,16). The van der Waals surface area contributed by atoms with Crippen LogP contribution in [0.1, 0.15) is 41.9 Å². The fourth-order valence-electron chi connectivity index (χ4n) is 2.50. The Hall–Kier alpha value is -1.39. The minimum Gasteiger partial charge on any atom is -0.350 e. The Morgan fingerprint density at radius 1 is 1.35 bits per heavy atom. The highest BCUT2D eigenvalue weighted by Gasteiger charge is 2.41. The first-order valence-electron chi connectivity index (χ1n) is 6.33. The van der Waals surface area contributed by atoms with Crippen molar-refractivity contribution in [2.75, 3.05) is 6.54 Å². The van der Waals surface area contributed by atoms with Gasteiger partial charge in [0.05, 0.1) is 0 Å². The van der Waals surface area contributed by atoms with E-state index in [-0.39, 0.29) is 5.91 Å². The predicted molar refractivity (Wildman–Crippen MR) is 60.3 cm³/mol. The molecule has 2 aliphatic carbocycles. The number of aromatic nitrogens is 2. The Morgan fingerprint density at radius 2 is 2.00 bits per heavy atom. The number of carbonyl (C=O) groups excluding carboxylic acids is 1. The Balaban J connectivity index is 1.56. The third kappa shape index (κ3) is 2.33. The van der Waals surface area contributed by atoms with Gasteiger partial charge in [-0.05, 0) is 55.5 Å². The fraction of sp³-hybridized carbons (Fsp3) is 0.750. The van der Waals surface area contributed by atoms with E-state index in [1.165, 1.54) is 25.7 Å². The summed E-state index contributed by atoms with van der Waals surface area (Å²) in [5.74, 6) is 2.22. The molecule has 3 rings (SSSR count). The monoisotopic (exact) mass is 235 g/mol. The molecule has 2 aliphatic rings. The SMILES string of the molecule is Cc1nonc1C(=O)NCC(C1CC1)C1CC1. The average Bonchev–Trinajstić information content (AvgIpc) is 3.20. The van der Waals surface area contributed by atoms with Crippen LogP contribution in [0.3, 0.4) is 0 Å². The minimum atomic E-state index is -0.157. The lowest BCUT2D eigenvalue weighted by Crippen LogP contribution is -2.31. The van der Waals surface area contributed by atoms with Crippen LogP contribution in [0.4, 0.5) is 0 Å². The number of hydrogen-bond donors (Lipinski definition) is 1. The van der Waals surface area contributed by atoms with Crippen LogP contribution >= 0.6 is 0 Å². The van der Waals surface area contributed by atoms with Crippen molar-refractivity contribution >= 4 is 5.91 Å². The van der Waals surface area contributed by atoms with Gasteiger partial charge in [-0.3, -0.25) is 4.79 Å². The maximum atomic E-state index is 11.8. The molecule has 1 aromatic heterocycles. The summed E-state index contributed by atoms with van der Waals surface area (Å²) >= 11 is 0. The zero-order chi connectivity index (χ0) is 11.8. The first-order chi connectivity index (χ1) is 8.25. The van der Waals surface area contributed by atoms with Gasteiger partial charge in [-0.1, -0.05) is 5.16 Å². The Labute approximate surface area is 99.9 Å². The molecule has 17 heavy (non-hydrogen) atoms. The summed E-state index contributed by atoms with van der Waals surface area (Å²) in [4.78, 5) is 11.8. The van der Waals surface area contributed by atoms with Crippen molar-refractivity contribution in [2.45, 2.75) is 32.6 Å². The van der Waals surface area contributed by atoms with Gasteiger partial charge in [0.25, 0.3) is 5.91 Å². The molecule has 0 saturated heterocycles. The lowest BCUT2D eigenvalue weighted by Gasteiger charge is -2.15. The summed E-state index contributed by atoms with van der Waals surface area (Å²) in [5.41, 5.74) is 0.868. The summed E-state index contributed by atoms with van der Waals surface area (Å²) < 4.78 is 4.53. The van der Waals surface area contributed by atoms with Crippen LogP contribution in [0, 0.1) is 24.7 Å². The number of rotatable bonds is 5. The first kappa shape index (κ1) is 10.7. The van der Waals surface area contributed by atoms with Crippen molar-refractivity contribution in [3.05, 3.63) is 11.4 Å². The zero-order valence-corrected chi connectivity index (χ0v) is 9.98. The highest BCUT2D eigenvalue weighted by Crippen LogP contribution is 2.48. The fourth-order valence-corrected chi connectivity index (χ4v) is 2.50. The van der Waals surface area contributed by atoms with Crippen molar-refractivity contribution in [1.29, 1.82) is 0 Å². The van der Waals surface area contributed by atoms with Crippen LogP contribution in [0.5, 0.6) is 0 Å². The van der Waals surface area contributed by atoms with E-state index in [2.05, 4.69) is 20.3 Å². The van der Waals surface area contributed by atoms with Gasteiger partial charge in [-0.15, -0.1) is 0 Å². The molecule has 0 unspecified atom stereocenters. The van der Waals surface area contributed by atoms with Gasteiger partial charge in [0.15, 0.2) is 5.69 Å². The summed E-state index contributed by atoms with van der Waals surface area (Å²) in [5, 5.41) is 10.2. The molecule has 1 amide bonds. The third-order valence-electron chi connectivity index (χ3n) is 3.82. The Morgan fingerprint density at radius 3 is 2.47 bits per heavy atom. The molecular formula is C12H17N3O2. The zero-order valence-electron chi connectivity index (χ0n) is 9.98. The van der Waals surface area contributed by atoms with E-state index >= 15 is 0 Å². The topological polar surface area (TPSA) is 68.0 Å². The summed E-state index contributed by atoms with van der Waals surface area (Å²) in [7, 11) is 0.